The number of nitrogens with zero attached hydrogens (tertiary/aromatic N) is 4. The third-order valence-electron chi connectivity index (χ3n) is 12.7. The van der Waals surface area contributed by atoms with Crippen molar-refractivity contribution in [2.24, 2.45) is 0 Å². The first kappa shape index (κ1) is 29.3. The van der Waals surface area contributed by atoms with Crippen LogP contribution in [-0.2, 0) is 42.4 Å². The average Bonchev–Trinajstić information content (AvgIpc) is 1.68. The summed E-state index contributed by atoms with van der Waals surface area (Å²) in [6, 6.07) is 23.7. The van der Waals surface area contributed by atoms with E-state index in [2.05, 4.69) is 40.1 Å². The first-order valence-electron chi connectivity index (χ1n) is 29.8. The van der Waals surface area contributed by atoms with Crippen LogP contribution in [0.15, 0.2) is 200 Å². The summed E-state index contributed by atoms with van der Waals surface area (Å²) in [6.45, 7) is 6.34. The Morgan fingerprint density at radius 2 is 1.29 bits per heavy atom. The number of rotatable bonds is 8. The summed E-state index contributed by atoms with van der Waals surface area (Å²) >= 11 is 2.14. The maximum atomic E-state index is 13.3. The Labute approximate surface area is 433 Å². The van der Waals surface area contributed by atoms with Gasteiger partial charge in [-0.2, -0.15) is 0 Å². The van der Waals surface area contributed by atoms with Crippen molar-refractivity contribution in [3.8, 4) is 62.1 Å². The molecule has 3 heterocycles. The molecule has 0 radical (unpaired) electrons. The number of carbonyl (C=O) groups is 1. The summed E-state index contributed by atoms with van der Waals surface area (Å²) in [6.07, 6.45) is 1.88. The van der Waals surface area contributed by atoms with Crippen molar-refractivity contribution in [2.75, 3.05) is 0 Å². The second-order valence-corrected chi connectivity index (χ2v) is 18.9. The van der Waals surface area contributed by atoms with Crippen molar-refractivity contribution in [3.63, 3.8) is 0 Å². The minimum atomic E-state index is -0.621. The van der Waals surface area contributed by atoms with Crippen LogP contribution in [0.3, 0.4) is 0 Å². The number of hydrogen-bond donors (Lipinski definition) is 0. The van der Waals surface area contributed by atoms with Crippen LogP contribution in [0.25, 0.3) is 83.4 Å². The van der Waals surface area contributed by atoms with Crippen molar-refractivity contribution in [3.05, 3.63) is 220 Å². The first-order chi connectivity index (χ1) is 39.9. The zero-order valence-corrected chi connectivity index (χ0v) is 39.7. The van der Waals surface area contributed by atoms with E-state index in [9.17, 15) is 10.3 Å². The van der Waals surface area contributed by atoms with Crippen molar-refractivity contribution in [1.29, 1.82) is 0 Å². The van der Waals surface area contributed by atoms with Crippen LogP contribution in [0.2, 0.25) is 0 Å². The SMILES string of the molecule is [2H]c1c([2H])c([2H])c(-c2ccc3c(c2)c2ccc(Oc4cccc(-n5[c](=[Pt])n(-c6c(-c7c([2H])c([2H])c([2H])c([2H])c7[2H])cc7c(c6-c6c([2H])c([2H])c([2H])c([2H])c6[2H])CCC(=O)C7)c6ccccc65)c4)cc2n3-c2cc(C(C)(C)C)ccn2)c([2H])c1[2H]. The predicted molar refractivity (Wildman–Crippen MR) is 277 cm³/mol. The fourth-order valence-electron chi connectivity index (χ4n) is 9.49. The number of carbonyl (C=O) groups excluding carboxylic acids is 1. The predicted octanol–water partition coefficient (Wildman–Crippen LogP) is 15.1. The topological polar surface area (TPSA) is 54.0 Å². The number of Topliss-reactive ketones (excluding diaryl/α,β-unsaturated/α-hetero) is 1. The smallest absolute Gasteiger partial charge is 0.0617 e. The van der Waals surface area contributed by atoms with Crippen molar-refractivity contribution < 1.29 is 49.4 Å². The Morgan fingerprint density at radius 1 is 0.594 bits per heavy atom. The van der Waals surface area contributed by atoms with Gasteiger partial charge >= 0.3 is 336 Å². The number of imidazole rings is 1. The fraction of sp³-hybridized carbons (Fsp3) is 0.113. The van der Waals surface area contributed by atoms with Gasteiger partial charge in [0.15, 0.2) is 0 Å². The van der Waals surface area contributed by atoms with Crippen LogP contribution < -0.4 is 4.74 Å². The van der Waals surface area contributed by atoms with Crippen LogP contribution in [0.5, 0.6) is 11.5 Å². The van der Waals surface area contributed by atoms with E-state index in [1.165, 1.54) is 0 Å². The van der Waals surface area contributed by atoms with Crippen molar-refractivity contribution in [1.82, 2.24) is 18.7 Å². The standard InChI is InChI=1S/C62H48N4O2.Pt/c1-62(2,3)46-32-33-63-59(37-46)66-55-31-26-44(41-16-7-4-8-17-41)35-54(55)52-30-28-50(39-58(52)66)68-49-23-15-22-47(38-49)64-40-65(57-25-14-13-24-56(57)64)61-53(42-18-9-5-10-19-42)36-45-34-48(67)27-29-51(45)60(61)43-20-11-6-12-21-43;/h4-26,28,30-33,35-39H,27,29,34H2,1-3H3;/i4D,5D,6D,7D,8D,9D,10D,11D,12D,16D,17D,18D,19D,20D,21D;. The monoisotopic (exact) mass is 1090 g/mol. The van der Waals surface area contributed by atoms with Gasteiger partial charge in [-0.3, -0.25) is 0 Å². The van der Waals surface area contributed by atoms with Crippen LogP contribution in [0, 0.1) is 3.80 Å². The molecule has 0 aliphatic heterocycles. The zero-order valence-electron chi connectivity index (χ0n) is 52.4. The van der Waals surface area contributed by atoms with E-state index < -0.39 is 78.6 Å². The molecule has 338 valence electrons. The molecule has 6 nitrogen and oxygen atoms in total. The number of ether oxygens (including phenoxy) is 1. The molecular formula is C62H48N4O2Pt. The molecule has 11 aromatic rings. The third-order valence-corrected chi connectivity index (χ3v) is 13.7. The van der Waals surface area contributed by atoms with E-state index in [0.717, 1.165) is 21.9 Å². The fourth-order valence-corrected chi connectivity index (χ4v) is 10.6. The van der Waals surface area contributed by atoms with Crippen LogP contribution in [0.1, 0.15) is 64.4 Å². The molecule has 0 unspecified atom stereocenters. The Hall–Kier alpha value is -7.66. The molecule has 1 aliphatic rings. The minimum absolute atomic E-state index is 0.0801. The Kier molecular flexibility index (Phi) is 7.27. The van der Waals surface area contributed by atoms with Crippen LogP contribution >= 0.6 is 0 Å². The first-order valence-corrected chi connectivity index (χ1v) is 23.5. The van der Waals surface area contributed by atoms with Crippen LogP contribution in [0.4, 0.5) is 0 Å². The van der Waals surface area contributed by atoms with Gasteiger partial charge in [-0.25, -0.2) is 0 Å². The molecule has 69 heavy (non-hydrogen) atoms. The minimum Gasteiger partial charge on any atom is -0.0617 e. The summed E-state index contributed by atoms with van der Waals surface area (Å²) < 4.78 is 145. The number of aromatic nitrogens is 4. The van der Waals surface area contributed by atoms with Gasteiger partial charge in [0.25, 0.3) is 0 Å². The van der Waals surface area contributed by atoms with Gasteiger partial charge < -0.3 is 0 Å². The summed E-state index contributed by atoms with van der Waals surface area (Å²) in [5.74, 6) is 1.37. The number of ketones is 1. The van der Waals surface area contributed by atoms with Gasteiger partial charge in [0.2, 0.25) is 0 Å². The van der Waals surface area contributed by atoms with Crippen molar-refractivity contribution >= 4 is 38.6 Å². The normalized spacial score (nSPS) is 15.8. The van der Waals surface area contributed by atoms with Gasteiger partial charge in [0.1, 0.15) is 0 Å². The number of benzene rings is 8. The zero-order chi connectivity index (χ0) is 59.9. The Balaban J connectivity index is 1.07. The number of pyridine rings is 1. The van der Waals surface area contributed by atoms with E-state index in [1.807, 2.05) is 98.6 Å². The van der Waals surface area contributed by atoms with Gasteiger partial charge in [-0.05, 0) is 28.2 Å². The second kappa shape index (κ2) is 17.1. The molecule has 7 heteroatoms. The van der Waals surface area contributed by atoms with Gasteiger partial charge in [-0.1, -0.05) is 57.0 Å². The van der Waals surface area contributed by atoms with E-state index in [-0.39, 0.29) is 76.1 Å². The number of hydrogen-bond acceptors (Lipinski definition) is 3. The Morgan fingerprint density at radius 3 is 2.03 bits per heavy atom. The van der Waals surface area contributed by atoms with Gasteiger partial charge in [0, 0.05) is 6.20 Å². The molecule has 3 aromatic heterocycles. The summed E-state index contributed by atoms with van der Waals surface area (Å²) in [5.41, 5.74) is 5.59. The molecule has 0 spiro atoms. The van der Waals surface area contributed by atoms with Gasteiger partial charge in [0.05, 0.1) is 6.85 Å². The Bertz CT molecular complexity index is 4710. The second-order valence-electron chi connectivity index (χ2n) is 17.9. The average molecular weight is 1090 g/mol. The van der Waals surface area contributed by atoms with Crippen LogP contribution in [-0.4, -0.2) is 24.5 Å². The van der Waals surface area contributed by atoms with Gasteiger partial charge in [-0.15, -0.1) is 0 Å². The summed E-state index contributed by atoms with van der Waals surface area (Å²) in [5, 5.41) is 1.52. The summed E-state index contributed by atoms with van der Waals surface area (Å²) in [7, 11) is 0. The summed E-state index contributed by atoms with van der Waals surface area (Å²) in [4.78, 5) is 18.2. The van der Waals surface area contributed by atoms with Crippen molar-refractivity contribution in [2.45, 2.75) is 45.4 Å². The molecule has 0 saturated carbocycles. The molecule has 0 amide bonds. The molecule has 1 aliphatic carbocycles. The molecule has 12 rings (SSSR count). The quantitative estimate of drug-likeness (QED) is 0.152. The molecular weight excluding hydrogens is 1030 g/mol. The number of fused-ring (bicyclic) bond motifs is 5. The van der Waals surface area contributed by atoms with E-state index in [4.69, 9.17) is 24.8 Å². The molecule has 8 aromatic carbocycles. The van der Waals surface area contributed by atoms with E-state index >= 15 is 0 Å². The van der Waals surface area contributed by atoms with E-state index in [0.29, 0.717) is 60.0 Å². The molecule has 0 bridgehead atoms. The molecule has 0 atom stereocenters. The molecule has 0 N–H and O–H groups in total. The maximum absolute atomic E-state index is 13.3. The molecule has 0 fully saturated rings. The number of para-hydroxylation sites is 2. The third kappa shape index (κ3) is 7.60. The van der Waals surface area contributed by atoms with E-state index in [1.54, 1.807) is 24.4 Å². The molecule has 0 saturated heterocycles.